The van der Waals surface area contributed by atoms with Gasteiger partial charge in [-0.05, 0) is 92.8 Å². The van der Waals surface area contributed by atoms with Crippen molar-refractivity contribution >= 4 is 11.9 Å². The predicted octanol–water partition coefficient (Wildman–Crippen LogP) is 5.11. The van der Waals surface area contributed by atoms with Crippen molar-refractivity contribution in [1.29, 1.82) is 0 Å². The lowest BCUT2D eigenvalue weighted by Gasteiger charge is -2.72. The predicted molar refractivity (Wildman–Crippen MR) is 171 cm³/mol. The highest BCUT2D eigenvalue weighted by Gasteiger charge is 2.73. The third-order valence-corrected chi connectivity index (χ3v) is 14.7. The van der Waals surface area contributed by atoms with Gasteiger partial charge in [0.1, 0.15) is 12.2 Å². The first-order chi connectivity index (χ1) is 20.8. The van der Waals surface area contributed by atoms with E-state index in [0.29, 0.717) is 24.8 Å². The summed E-state index contributed by atoms with van der Waals surface area (Å²) in [6.07, 6.45) is 5.70. The van der Waals surface area contributed by atoms with E-state index in [4.69, 9.17) is 9.47 Å². The molecule has 0 aliphatic heterocycles. The third-order valence-electron chi connectivity index (χ3n) is 14.7. The van der Waals surface area contributed by atoms with Crippen LogP contribution in [0.1, 0.15) is 107 Å². The molecular formula is C37H58O8. The van der Waals surface area contributed by atoms with Crippen molar-refractivity contribution < 1.29 is 39.5 Å². The SMILES string of the molecule is CC=C(C)C(=O)OC1C(OC(C)=O)C2(CO)C(O)CC3(C)C(=CCC4C5(C)CCC(O)C(C)(CO)C5CCC43C)C2CC1(C)C. The minimum Gasteiger partial charge on any atom is -0.458 e. The molecule has 0 aromatic rings. The van der Waals surface area contributed by atoms with Crippen LogP contribution in [0, 0.1) is 50.2 Å². The topological polar surface area (TPSA) is 134 Å². The lowest BCUT2D eigenvalue weighted by atomic mass is 9.33. The maximum Gasteiger partial charge on any atom is 0.333 e. The third kappa shape index (κ3) is 4.58. The molecule has 4 fully saturated rings. The van der Waals surface area contributed by atoms with Gasteiger partial charge >= 0.3 is 11.9 Å². The van der Waals surface area contributed by atoms with E-state index in [1.54, 1.807) is 19.9 Å². The van der Waals surface area contributed by atoms with E-state index in [1.807, 2.05) is 13.8 Å². The Morgan fingerprint density at radius 1 is 0.889 bits per heavy atom. The molecule has 0 amide bonds. The Kier molecular flexibility index (Phi) is 8.58. The average Bonchev–Trinajstić information content (AvgIpc) is 2.96. The zero-order valence-electron chi connectivity index (χ0n) is 29.0. The van der Waals surface area contributed by atoms with Gasteiger partial charge < -0.3 is 29.9 Å². The van der Waals surface area contributed by atoms with Crippen LogP contribution in [0.3, 0.4) is 0 Å². The first-order valence-electron chi connectivity index (χ1n) is 17.1. The molecule has 0 aromatic carbocycles. The Bertz CT molecular complexity index is 1270. The Labute approximate surface area is 269 Å². The lowest BCUT2D eigenvalue weighted by molar-refractivity contribution is -0.267. The fourth-order valence-corrected chi connectivity index (χ4v) is 11.8. The van der Waals surface area contributed by atoms with E-state index in [9.17, 15) is 30.0 Å². The highest BCUT2D eigenvalue weighted by molar-refractivity contribution is 5.87. The van der Waals surface area contributed by atoms with Crippen molar-refractivity contribution in [2.45, 2.75) is 132 Å². The number of carbonyl (C=O) groups excluding carboxylic acids is 2. The van der Waals surface area contributed by atoms with Crippen LogP contribution in [0.4, 0.5) is 0 Å². The lowest BCUT2D eigenvalue weighted by Crippen LogP contribution is -2.72. The summed E-state index contributed by atoms with van der Waals surface area (Å²) in [6.45, 7) is 17.4. The Morgan fingerprint density at radius 3 is 2.13 bits per heavy atom. The summed E-state index contributed by atoms with van der Waals surface area (Å²) in [5.74, 6) is -0.885. The number of hydrogen-bond acceptors (Lipinski definition) is 8. The summed E-state index contributed by atoms with van der Waals surface area (Å²) >= 11 is 0. The van der Waals surface area contributed by atoms with Crippen LogP contribution in [0.25, 0.3) is 0 Å². The Hall–Kier alpha value is -1.74. The van der Waals surface area contributed by atoms with Gasteiger partial charge in [0, 0.05) is 23.3 Å². The van der Waals surface area contributed by atoms with E-state index in [0.717, 1.165) is 25.7 Å². The van der Waals surface area contributed by atoms with Crippen molar-refractivity contribution in [3.05, 3.63) is 23.3 Å². The molecule has 0 spiro atoms. The summed E-state index contributed by atoms with van der Waals surface area (Å²) in [5.41, 5.74) is -1.46. The van der Waals surface area contributed by atoms with Gasteiger partial charge in [0.05, 0.1) is 30.8 Å². The van der Waals surface area contributed by atoms with Gasteiger partial charge in [-0.3, -0.25) is 4.79 Å². The van der Waals surface area contributed by atoms with Gasteiger partial charge in [-0.1, -0.05) is 59.3 Å². The standard InChI is InChI=1S/C37H58O8/c1-10-21(2)31(43)45-29-30(44-22(3)40)37(20-39)24(17-32(29,4)5)23-11-12-26-33(6)15-14-27(41)34(7,19-38)25(33)13-16-35(26,8)36(23,9)18-28(37)42/h10-11,24-30,38-39,41-42H,12-20H2,1-9H3. The molecule has 0 aromatic heterocycles. The second kappa shape index (κ2) is 11.2. The van der Waals surface area contributed by atoms with Crippen LogP contribution in [0.2, 0.25) is 0 Å². The van der Waals surface area contributed by atoms with Gasteiger partial charge in [0.15, 0.2) is 0 Å². The molecule has 254 valence electrons. The highest BCUT2D eigenvalue weighted by Crippen LogP contribution is 2.76. The number of aliphatic hydroxyl groups excluding tert-OH is 4. The molecule has 5 aliphatic rings. The summed E-state index contributed by atoms with van der Waals surface area (Å²) in [5, 5.41) is 45.3. The van der Waals surface area contributed by atoms with Crippen LogP contribution in [-0.4, -0.2) is 70.0 Å². The molecule has 4 N–H and O–H groups in total. The van der Waals surface area contributed by atoms with Crippen molar-refractivity contribution in [3.8, 4) is 0 Å². The summed E-state index contributed by atoms with van der Waals surface area (Å²) in [4.78, 5) is 25.8. The molecule has 0 radical (unpaired) electrons. The molecule has 12 unspecified atom stereocenters. The zero-order chi connectivity index (χ0) is 33.5. The van der Waals surface area contributed by atoms with E-state index < -0.39 is 64.6 Å². The van der Waals surface area contributed by atoms with Gasteiger partial charge in [-0.25, -0.2) is 4.79 Å². The maximum atomic E-state index is 13.1. The second-order valence-electron chi connectivity index (χ2n) is 17.1. The number of rotatable bonds is 5. The molecule has 4 saturated carbocycles. The number of carbonyl (C=O) groups is 2. The van der Waals surface area contributed by atoms with Crippen LogP contribution in [0.5, 0.6) is 0 Å². The van der Waals surface area contributed by atoms with Crippen LogP contribution < -0.4 is 0 Å². The van der Waals surface area contributed by atoms with E-state index >= 15 is 0 Å². The largest absolute Gasteiger partial charge is 0.458 e. The number of hydrogen-bond donors (Lipinski definition) is 4. The number of aliphatic hydroxyl groups is 4. The first kappa shape index (κ1) is 34.6. The number of esters is 2. The molecule has 0 bridgehead atoms. The van der Waals surface area contributed by atoms with Gasteiger partial charge in [0.2, 0.25) is 0 Å². The minimum atomic E-state index is -1.24. The molecular weight excluding hydrogens is 572 g/mol. The van der Waals surface area contributed by atoms with Crippen molar-refractivity contribution in [2.75, 3.05) is 13.2 Å². The van der Waals surface area contributed by atoms with Crippen LogP contribution in [-0.2, 0) is 19.1 Å². The molecule has 8 nitrogen and oxygen atoms in total. The fourth-order valence-electron chi connectivity index (χ4n) is 11.8. The minimum absolute atomic E-state index is 0.0397. The number of fused-ring (bicyclic) bond motifs is 7. The number of allylic oxidation sites excluding steroid dienone is 3. The molecule has 12 atom stereocenters. The van der Waals surface area contributed by atoms with Crippen LogP contribution >= 0.6 is 0 Å². The molecule has 0 heterocycles. The fraction of sp³-hybridized carbons (Fsp3) is 0.838. The van der Waals surface area contributed by atoms with Crippen molar-refractivity contribution in [1.82, 2.24) is 0 Å². The molecule has 45 heavy (non-hydrogen) atoms. The van der Waals surface area contributed by atoms with Gasteiger partial charge in [0.25, 0.3) is 0 Å². The van der Waals surface area contributed by atoms with Crippen LogP contribution in [0.15, 0.2) is 23.3 Å². The monoisotopic (exact) mass is 630 g/mol. The smallest absolute Gasteiger partial charge is 0.333 e. The quantitative estimate of drug-likeness (QED) is 0.187. The molecule has 5 rings (SSSR count). The van der Waals surface area contributed by atoms with Crippen molar-refractivity contribution in [3.63, 3.8) is 0 Å². The average molecular weight is 631 g/mol. The van der Waals surface area contributed by atoms with Gasteiger partial charge in [-0.2, -0.15) is 0 Å². The van der Waals surface area contributed by atoms with E-state index in [-0.39, 0.29) is 35.2 Å². The van der Waals surface area contributed by atoms with E-state index in [2.05, 4.69) is 33.8 Å². The number of ether oxygens (including phenoxy) is 2. The molecule has 5 aliphatic carbocycles. The van der Waals surface area contributed by atoms with E-state index in [1.165, 1.54) is 12.5 Å². The van der Waals surface area contributed by atoms with Crippen molar-refractivity contribution in [2.24, 2.45) is 50.2 Å². The normalized spacial score (nSPS) is 49.0. The first-order valence-corrected chi connectivity index (χ1v) is 17.1. The Morgan fingerprint density at radius 2 is 1.56 bits per heavy atom. The summed E-state index contributed by atoms with van der Waals surface area (Å²) in [6, 6.07) is 0. The molecule has 8 heteroatoms. The second-order valence-corrected chi connectivity index (χ2v) is 17.1. The summed E-state index contributed by atoms with van der Waals surface area (Å²) < 4.78 is 12.1. The highest BCUT2D eigenvalue weighted by atomic mass is 16.6. The molecule has 0 saturated heterocycles. The summed E-state index contributed by atoms with van der Waals surface area (Å²) in [7, 11) is 0. The van der Waals surface area contributed by atoms with Gasteiger partial charge in [-0.15, -0.1) is 0 Å². The maximum absolute atomic E-state index is 13.1. The Balaban J connectivity index is 1.63. The zero-order valence-corrected chi connectivity index (χ0v) is 29.0.